The van der Waals surface area contributed by atoms with Crippen molar-refractivity contribution < 1.29 is 4.79 Å². The van der Waals surface area contributed by atoms with Gasteiger partial charge in [-0.15, -0.1) is 0 Å². The molecule has 3 rings (SSSR count). The monoisotopic (exact) mass is 313 g/mol. The highest BCUT2D eigenvalue weighted by molar-refractivity contribution is 7.99. The zero-order valence-electron chi connectivity index (χ0n) is 12.0. The first-order chi connectivity index (χ1) is 10.5. The van der Waals surface area contributed by atoms with E-state index < -0.39 is 0 Å². The second-order valence-electron chi connectivity index (χ2n) is 4.88. The van der Waals surface area contributed by atoms with Crippen LogP contribution in [0.15, 0.2) is 35.5 Å². The van der Waals surface area contributed by atoms with Crippen LogP contribution in [-0.4, -0.2) is 26.5 Å². The normalized spacial score (nSPS) is 11.0. The van der Waals surface area contributed by atoms with Crippen molar-refractivity contribution in [3.63, 3.8) is 0 Å². The number of anilines is 2. The van der Waals surface area contributed by atoms with Gasteiger partial charge in [-0.1, -0.05) is 30.0 Å². The Labute approximate surface area is 131 Å². The van der Waals surface area contributed by atoms with Gasteiger partial charge in [0.2, 0.25) is 0 Å². The molecule has 22 heavy (non-hydrogen) atoms. The summed E-state index contributed by atoms with van der Waals surface area (Å²) in [6.07, 6.45) is 0. The molecule has 1 aromatic carbocycles. The van der Waals surface area contributed by atoms with Crippen LogP contribution in [0.2, 0.25) is 0 Å². The summed E-state index contributed by atoms with van der Waals surface area (Å²) in [6.45, 7) is 1.90. The summed E-state index contributed by atoms with van der Waals surface area (Å²) >= 11 is 1.23. The Kier molecular flexibility index (Phi) is 3.72. The third kappa shape index (κ3) is 2.75. The minimum Gasteiger partial charge on any atom is -0.383 e. The predicted molar refractivity (Wildman–Crippen MR) is 88.9 cm³/mol. The van der Waals surface area contributed by atoms with Gasteiger partial charge in [0.25, 0.3) is 0 Å². The van der Waals surface area contributed by atoms with Crippen molar-refractivity contribution in [2.75, 3.05) is 17.2 Å². The number of aryl methyl sites for hydroxylation is 1. The Morgan fingerprint density at radius 1 is 1.23 bits per heavy atom. The van der Waals surface area contributed by atoms with Crippen LogP contribution in [0.1, 0.15) is 16.1 Å². The number of aromatic nitrogens is 3. The molecule has 0 saturated heterocycles. The van der Waals surface area contributed by atoms with E-state index in [2.05, 4.69) is 15.0 Å². The Bertz CT molecular complexity index is 838. The number of carbonyl (C=O) groups is 1. The van der Waals surface area contributed by atoms with Crippen LogP contribution in [0.5, 0.6) is 0 Å². The van der Waals surface area contributed by atoms with Crippen LogP contribution >= 0.6 is 11.8 Å². The van der Waals surface area contributed by atoms with E-state index in [1.807, 2.05) is 31.2 Å². The molecule has 0 spiro atoms. The molecule has 0 aliphatic heterocycles. The van der Waals surface area contributed by atoms with Crippen LogP contribution in [-0.2, 0) is 0 Å². The number of para-hydroxylation sites is 1. The highest BCUT2D eigenvalue weighted by Gasteiger charge is 2.16. The number of benzene rings is 1. The lowest BCUT2D eigenvalue weighted by Crippen LogP contribution is -2.05. The Hall–Kier alpha value is -2.54. The molecular formula is C15H15N5OS. The lowest BCUT2D eigenvalue weighted by atomic mass is 10.1. The van der Waals surface area contributed by atoms with Crippen LogP contribution in [0, 0.1) is 6.92 Å². The molecule has 0 amide bonds. The summed E-state index contributed by atoms with van der Waals surface area (Å²) in [7, 11) is 0. The SMILES string of the molecule is Cc1[nH]c2ccccc2c1C(=O)CSc1nc(N)cc(N)n1. The molecule has 0 atom stereocenters. The van der Waals surface area contributed by atoms with Gasteiger partial charge in [-0.25, -0.2) is 9.97 Å². The number of nitrogens with zero attached hydrogens (tertiary/aromatic N) is 2. The molecule has 2 heterocycles. The molecule has 0 bridgehead atoms. The van der Waals surface area contributed by atoms with E-state index in [1.165, 1.54) is 17.8 Å². The topological polar surface area (TPSA) is 111 Å². The average molecular weight is 313 g/mol. The third-order valence-corrected chi connectivity index (χ3v) is 4.10. The number of Topliss-reactive ketones (excluding diaryl/α,β-unsaturated/α-hetero) is 1. The Morgan fingerprint density at radius 3 is 2.64 bits per heavy atom. The minimum absolute atomic E-state index is 0.0181. The number of rotatable bonds is 4. The number of H-pyrrole nitrogens is 1. The molecule has 0 saturated carbocycles. The van der Waals surface area contributed by atoms with Gasteiger partial charge in [0.1, 0.15) is 11.6 Å². The largest absolute Gasteiger partial charge is 0.383 e. The van der Waals surface area contributed by atoms with E-state index >= 15 is 0 Å². The summed E-state index contributed by atoms with van der Waals surface area (Å²) in [5.41, 5.74) is 13.8. The van der Waals surface area contributed by atoms with Gasteiger partial charge < -0.3 is 16.5 Å². The quantitative estimate of drug-likeness (QED) is 0.387. The number of ketones is 1. The zero-order chi connectivity index (χ0) is 15.7. The van der Waals surface area contributed by atoms with Crippen molar-refractivity contribution in [2.24, 2.45) is 0 Å². The van der Waals surface area contributed by atoms with Crippen LogP contribution < -0.4 is 11.5 Å². The number of hydrogen-bond acceptors (Lipinski definition) is 6. The van der Waals surface area contributed by atoms with Gasteiger partial charge in [-0.2, -0.15) is 0 Å². The van der Waals surface area contributed by atoms with Crippen molar-refractivity contribution in [3.8, 4) is 0 Å². The Balaban J connectivity index is 1.83. The highest BCUT2D eigenvalue weighted by atomic mass is 32.2. The van der Waals surface area contributed by atoms with E-state index in [9.17, 15) is 4.79 Å². The van der Waals surface area contributed by atoms with Crippen molar-refractivity contribution in [1.29, 1.82) is 0 Å². The van der Waals surface area contributed by atoms with Crippen LogP contribution in [0.4, 0.5) is 11.6 Å². The second kappa shape index (κ2) is 5.69. The van der Waals surface area contributed by atoms with Crippen LogP contribution in [0.25, 0.3) is 10.9 Å². The Morgan fingerprint density at radius 2 is 1.91 bits per heavy atom. The molecule has 7 heteroatoms. The molecule has 0 aliphatic carbocycles. The van der Waals surface area contributed by atoms with E-state index in [4.69, 9.17) is 11.5 Å². The maximum absolute atomic E-state index is 12.5. The summed E-state index contributed by atoms with van der Waals surface area (Å²) in [5, 5.41) is 1.34. The molecule has 0 aliphatic rings. The maximum atomic E-state index is 12.5. The van der Waals surface area contributed by atoms with Crippen molar-refractivity contribution >= 4 is 40.1 Å². The fourth-order valence-electron chi connectivity index (χ4n) is 2.36. The number of hydrogen-bond donors (Lipinski definition) is 3. The maximum Gasteiger partial charge on any atom is 0.191 e. The molecule has 0 radical (unpaired) electrons. The molecule has 5 N–H and O–H groups in total. The number of aromatic amines is 1. The molecule has 6 nitrogen and oxygen atoms in total. The number of fused-ring (bicyclic) bond motifs is 1. The number of thioether (sulfide) groups is 1. The van der Waals surface area contributed by atoms with E-state index in [0.717, 1.165) is 16.6 Å². The van der Waals surface area contributed by atoms with Gasteiger partial charge in [-0.05, 0) is 13.0 Å². The summed E-state index contributed by atoms with van der Waals surface area (Å²) in [6, 6.07) is 9.22. The van der Waals surface area contributed by atoms with Crippen molar-refractivity contribution in [3.05, 3.63) is 41.6 Å². The molecule has 112 valence electrons. The molecular weight excluding hydrogens is 298 g/mol. The number of nitrogens with one attached hydrogen (secondary N) is 1. The summed E-state index contributed by atoms with van der Waals surface area (Å²) in [4.78, 5) is 23.9. The van der Waals surface area contributed by atoms with E-state index in [1.54, 1.807) is 0 Å². The standard InChI is InChI=1S/C15H15N5OS/c1-8-14(9-4-2-3-5-10(9)18-8)11(21)7-22-15-19-12(16)6-13(17)20-15/h2-6,18H,7H2,1H3,(H4,16,17,19,20). The molecule has 2 aromatic heterocycles. The summed E-state index contributed by atoms with van der Waals surface area (Å²) in [5.74, 6) is 0.840. The fraction of sp³-hybridized carbons (Fsp3) is 0.133. The second-order valence-corrected chi connectivity index (χ2v) is 5.83. The van der Waals surface area contributed by atoms with Crippen molar-refractivity contribution in [2.45, 2.75) is 12.1 Å². The summed E-state index contributed by atoms with van der Waals surface area (Å²) < 4.78 is 0. The average Bonchev–Trinajstić information content (AvgIpc) is 2.79. The lowest BCUT2D eigenvalue weighted by Gasteiger charge is -2.03. The zero-order valence-corrected chi connectivity index (χ0v) is 12.8. The molecule has 0 fully saturated rings. The van der Waals surface area contributed by atoms with Crippen LogP contribution in [0.3, 0.4) is 0 Å². The highest BCUT2D eigenvalue weighted by Crippen LogP contribution is 2.25. The first-order valence-electron chi connectivity index (χ1n) is 6.68. The number of carbonyl (C=O) groups excluding carboxylic acids is 1. The van der Waals surface area contributed by atoms with E-state index in [-0.39, 0.29) is 11.5 Å². The lowest BCUT2D eigenvalue weighted by molar-refractivity contribution is 0.102. The first-order valence-corrected chi connectivity index (χ1v) is 7.66. The predicted octanol–water partition coefficient (Wildman–Crippen LogP) is 2.41. The van der Waals surface area contributed by atoms with Gasteiger partial charge in [0.05, 0.1) is 5.75 Å². The smallest absolute Gasteiger partial charge is 0.191 e. The minimum atomic E-state index is 0.0181. The van der Waals surface area contributed by atoms with Gasteiger partial charge in [-0.3, -0.25) is 4.79 Å². The molecule has 3 aromatic rings. The fourth-order valence-corrected chi connectivity index (χ4v) is 3.11. The van der Waals surface area contributed by atoms with Gasteiger partial charge in [0, 0.05) is 28.2 Å². The third-order valence-electron chi connectivity index (χ3n) is 3.25. The van der Waals surface area contributed by atoms with E-state index in [0.29, 0.717) is 22.4 Å². The van der Waals surface area contributed by atoms with Gasteiger partial charge in [0.15, 0.2) is 10.9 Å². The van der Waals surface area contributed by atoms with Crippen molar-refractivity contribution in [1.82, 2.24) is 15.0 Å². The first kappa shape index (κ1) is 14.4. The molecule has 0 unspecified atom stereocenters. The number of nitrogens with two attached hydrogens (primary N) is 2. The number of nitrogen functional groups attached to an aromatic ring is 2. The van der Waals surface area contributed by atoms with Gasteiger partial charge >= 0.3 is 0 Å².